The maximum absolute atomic E-state index is 12.7. The number of benzene rings is 1. The predicted molar refractivity (Wildman–Crippen MR) is 85.1 cm³/mol. The summed E-state index contributed by atoms with van der Waals surface area (Å²) in [7, 11) is 0. The highest BCUT2D eigenvalue weighted by Crippen LogP contribution is 2.41. The molecule has 5 nitrogen and oxygen atoms in total. The summed E-state index contributed by atoms with van der Waals surface area (Å²) in [4.78, 5) is 14.5. The van der Waals surface area contributed by atoms with Crippen LogP contribution in [-0.4, -0.2) is 34.2 Å². The Balaban J connectivity index is 1.49. The lowest BCUT2D eigenvalue weighted by Crippen LogP contribution is -2.35. The van der Waals surface area contributed by atoms with Crippen molar-refractivity contribution in [2.75, 3.05) is 13.1 Å². The number of aromatic hydroxyl groups is 1. The number of phenols is 1. The lowest BCUT2D eigenvalue weighted by atomic mass is 9.99. The molecule has 2 aromatic rings. The van der Waals surface area contributed by atoms with Crippen molar-refractivity contribution in [3.8, 4) is 5.75 Å². The molecule has 23 heavy (non-hydrogen) atoms. The van der Waals surface area contributed by atoms with Gasteiger partial charge in [0.1, 0.15) is 17.6 Å². The minimum absolute atomic E-state index is 0.00848. The Bertz CT molecular complexity index is 757. The largest absolute Gasteiger partial charge is 0.508 e. The maximum Gasteiger partial charge on any atom is 0.259 e. The highest BCUT2D eigenvalue weighted by Gasteiger charge is 2.33. The first-order valence-electron chi connectivity index (χ1n) is 7.94. The molecular formula is C18H18N2O3. The molecule has 0 bridgehead atoms. The Hall–Kier alpha value is -2.56. The van der Waals surface area contributed by atoms with Crippen molar-refractivity contribution < 1.29 is 14.4 Å². The Morgan fingerprint density at radius 1 is 1.26 bits per heavy atom. The zero-order valence-corrected chi connectivity index (χ0v) is 12.7. The Morgan fingerprint density at radius 2 is 2.04 bits per heavy atom. The monoisotopic (exact) mass is 310 g/mol. The van der Waals surface area contributed by atoms with Crippen molar-refractivity contribution in [1.29, 1.82) is 0 Å². The van der Waals surface area contributed by atoms with Crippen molar-refractivity contribution in [1.82, 2.24) is 10.1 Å². The molecule has 5 heteroatoms. The molecule has 0 spiro atoms. The summed E-state index contributed by atoms with van der Waals surface area (Å²) in [6, 6.07) is 7.19. The summed E-state index contributed by atoms with van der Waals surface area (Å²) in [6.07, 6.45) is 6.56. The lowest BCUT2D eigenvalue weighted by Gasteiger charge is -2.26. The highest BCUT2D eigenvalue weighted by molar-refractivity contribution is 5.95. The van der Waals surface area contributed by atoms with E-state index in [9.17, 15) is 9.90 Å². The Kier molecular flexibility index (Phi) is 3.41. The fraction of sp³-hybridized carbons (Fsp3) is 0.333. The summed E-state index contributed by atoms with van der Waals surface area (Å²) < 4.78 is 5.02. The first-order chi connectivity index (χ1) is 11.2. The zero-order chi connectivity index (χ0) is 15.8. The van der Waals surface area contributed by atoms with E-state index in [2.05, 4.69) is 11.2 Å². The molecule has 1 aromatic carbocycles. The molecule has 118 valence electrons. The van der Waals surface area contributed by atoms with Gasteiger partial charge in [0.25, 0.3) is 5.91 Å². The van der Waals surface area contributed by atoms with Gasteiger partial charge in [-0.25, -0.2) is 0 Å². The number of rotatable bonds is 3. The molecule has 0 radical (unpaired) electrons. The number of carbonyl (C=O) groups excluding carboxylic acids is 1. The van der Waals surface area contributed by atoms with Crippen LogP contribution in [0.2, 0.25) is 0 Å². The van der Waals surface area contributed by atoms with Gasteiger partial charge in [-0.05, 0) is 42.5 Å². The Labute approximate surface area is 134 Å². The van der Waals surface area contributed by atoms with E-state index in [1.807, 2.05) is 17.0 Å². The number of hydrogen-bond donors (Lipinski definition) is 1. The van der Waals surface area contributed by atoms with E-state index < -0.39 is 0 Å². The molecule has 1 aromatic heterocycles. The molecule has 1 aliphatic heterocycles. The van der Waals surface area contributed by atoms with E-state index in [0.29, 0.717) is 24.6 Å². The molecule has 1 N–H and O–H groups in total. The summed E-state index contributed by atoms with van der Waals surface area (Å²) in [5.74, 6) is 0.678. The van der Waals surface area contributed by atoms with Gasteiger partial charge in [-0.3, -0.25) is 4.79 Å². The van der Waals surface area contributed by atoms with Crippen LogP contribution in [0.1, 0.15) is 46.8 Å². The average molecular weight is 310 g/mol. The van der Waals surface area contributed by atoms with E-state index in [1.54, 1.807) is 12.1 Å². The van der Waals surface area contributed by atoms with Crippen molar-refractivity contribution in [2.24, 2.45) is 0 Å². The fourth-order valence-electron chi connectivity index (χ4n) is 3.02. The molecule has 0 saturated heterocycles. The van der Waals surface area contributed by atoms with E-state index in [1.165, 1.54) is 11.8 Å². The van der Waals surface area contributed by atoms with Crippen molar-refractivity contribution in [3.05, 3.63) is 53.4 Å². The lowest BCUT2D eigenvalue weighted by molar-refractivity contribution is 0.0771. The Morgan fingerprint density at radius 3 is 2.70 bits per heavy atom. The number of hydrogen-bond acceptors (Lipinski definition) is 4. The molecule has 1 fully saturated rings. The van der Waals surface area contributed by atoms with Crippen molar-refractivity contribution in [3.63, 3.8) is 0 Å². The van der Waals surface area contributed by atoms with Gasteiger partial charge in [0.2, 0.25) is 0 Å². The summed E-state index contributed by atoms with van der Waals surface area (Å²) in [5, 5.41) is 13.4. The number of carbonyl (C=O) groups is 1. The van der Waals surface area contributed by atoms with Crippen LogP contribution in [0.3, 0.4) is 0 Å². The number of nitrogens with zero attached hydrogens (tertiary/aromatic N) is 2. The van der Waals surface area contributed by atoms with Crippen molar-refractivity contribution >= 4 is 11.5 Å². The first kappa shape index (κ1) is 14.1. The molecule has 4 rings (SSSR count). The van der Waals surface area contributed by atoms with Gasteiger partial charge in [0, 0.05) is 19.0 Å². The quantitative estimate of drug-likeness (QED) is 0.945. The third kappa shape index (κ3) is 2.74. The van der Waals surface area contributed by atoms with Gasteiger partial charge in [-0.2, -0.15) is 0 Å². The number of phenolic OH excluding ortho intramolecular Hbond substituents is 1. The minimum Gasteiger partial charge on any atom is -0.508 e. The molecule has 2 heterocycles. The average Bonchev–Trinajstić information content (AvgIpc) is 3.32. The van der Waals surface area contributed by atoms with Crippen LogP contribution in [-0.2, 0) is 0 Å². The van der Waals surface area contributed by atoms with Crippen LogP contribution in [0.5, 0.6) is 5.75 Å². The van der Waals surface area contributed by atoms with Gasteiger partial charge >= 0.3 is 0 Å². The van der Waals surface area contributed by atoms with E-state index in [0.717, 1.165) is 30.5 Å². The van der Waals surface area contributed by atoms with E-state index >= 15 is 0 Å². The van der Waals surface area contributed by atoms with Crippen LogP contribution in [0.15, 0.2) is 41.1 Å². The second-order valence-corrected chi connectivity index (χ2v) is 6.17. The molecular weight excluding hydrogens is 292 g/mol. The minimum atomic E-state index is 0.00848. The third-order valence-corrected chi connectivity index (χ3v) is 4.53. The smallest absolute Gasteiger partial charge is 0.259 e. The standard InChI is InChI=1S/C18H18N2O3/c21-15-5-3-12(4-6-15)13-7-9-20(10-8-13)18(22)16-11-23-19-17(16)14-1-2-14/h3-7,11,14,21H,1-2,8-10H2. The molecule has 1 saturated carbocycles. The second kappa shape index (κ2) is 5.57. The van der Waals surface area contributed by atoms with Crippen LogP contribution in [0, 0.1) is 0 Å². The van der Waals surface area contributed by atoms with Crippen LogP contribution >= 0.6 is 0 Å². The topological polar surface area (TPSA) is 66.6 Å². The van der Waals surface area contributed by atoms with Gasteiger partial charge in [0.05, 0.1) is 5.69 Å². The van der Waals surface area contributed by atoms with Gasteiger partial charge in [0.15, 0.2) is 0 Å². The van der Waals surface area contributed by atoms with E-state index in [-0.39, 0.29) is 11.7 Å². The molecule has 1 aliphatic carbocycles. The van der Waals surface area contributed by atoms with Gasteiger partial charge in [-0.15, -0.1) is 0 Å². The third-order valence-electron chi connectivity index (χ3n) is 4.53. The summed E-state index contributed by atoms with van der Waals surface area (Å²) >= 11 is 0. The highest BCUT2D eigenvalue weighted by atomic mass is 16.5. The number of aromatic nitrogens is 1. The SMILES string of the molecule is O=C(c1conc1C1CC1)N1CC=C(c2ccc(O)cc2)CC1. The molecule has 1 amide bonds. The van der Waals surface area contributed by atoms with Gasteiger partial charge < -0.3 is 14.5 Å². The van der Waals surface area contributed by atoms with Crippen molar-refractivity contribution in [2.45, 2.75) is 25.2 Å². The number of amides is 1. The normalized spacial score (nSPS) is 17.9. The van der Waals surface area contributed by atoms with Crippen LogP contribution in [0.25, 0.3) is 5.57 Å². The summed E-state index contributed by atoms with van der Waals surface area (Å²) in [6.45, 7) is 1.27. The van der Waals surface area contributed by atoms with E-state index in [4.69, 9.17) is 4.52 Å². The fourth-order valence-corrected chi connectivity index (χ4v) is 3.02. The molecule has 0 unspecified atom stereocenters. The van der Waals surface area contributed by atoms with Gasteiger partial charge in [-0.1, -0.05) is 23.4 Å². The summed E-state index contributed by atoms with van der Waals surface area (Å²) in [5.41, 5.74) is 3.75. The predicted octanol–water partition coefficient (Wildman–Crippen LogP) is 3.19. The molecule has 0 atom stereocenters. The van der Waals surface area contributed by atoms with Crippen LogP contribution in [0.4, 0.5) is 0 Å². The first-order valence-corrected chi connectivity index (χ1v) is 7.94. The van der Waals surface area contributed by atoms with Crippen LogP contribution < -0.4 is 0 Å². The molecule has 2 aliphatic rings. The zero-order valence-electron chi connectivity index (χ0n) is 12.7. The second-order valence-electron chi connectivity index (χ2n) is 6.17. The maximum atomic E-state index is 12.7.